The van der Waals surface area contributed by atoms with E-state index in [0.717, 1.165) is 18.7 Å². The molecule has 11 nitrogen and oxygen atoms in total. The Bertz CT molecular complexity index is 1640. The number of hydrogen-bond acceptors (Lipinski definition) is 8. The van der Waals surface area contributed by atoms with Crippen LogP contribution in [0.4, 0.5) is 5.69 Å². The molecule has 1 aliphatic rings. The van der Waals surface area contributed by atoms with Crippen LogP contribution in [0.3, 0.4) is 0 Å². The summed E-state index contributed by atoms with van der Waals surface area (Å²) < 4.78 is 11.0. The van der Waals surface area contributed by atoms with E-state index in [-0.39, 0.29) is 45.9 Å². The number of pyridine rings is 1. The SMILES string of the molecule is O=C(NCc1cccc(Cl)c1)c1ccc(Cl)c(NC(=O)c2cc3cnc(OCCN4CCOCC4)nc3[nH]c2=O)c1. The van der Waals surface area contributed by atoms with Gasteiger partial charge in [0.05, 0.1) is 23.9 Å². The Labute approximate surface area is 244 Å². The molecule has 1 aliphatic heterocycles. The third-order valence-electron chi connectivity index (χ3n) is 6.38. The molecule has 4 aromatic rings. The Morgan fingerprint density at radius 1 is 1.07 bits per heavy atom. The summed E-state index contributed by atoms with van der Waals surface area (Å²) in [5.74, 6) is -1.09. The molecule has 0 saturated carbocycles. The second kappa shape index (κ2) is 13.1. The van der Waals surface area contributed by atoms with Crippen LogP contribution in [0.25, 0.3) is 11.0 Å². The highest BCUT2D eigenvalue weighted by molar-refractivity contribution is 6.34. The summed E-state index contributed by atoms with van der Waals surface area (Å²) >= 11 is 12.3. The van der Waals surface area contributed by atoms with Crippen molar-refractivity contribution >= 4 is 51.7 Å². The molecule has 2 amide bonds. The van der Waals surface area contributed by atoms with E-state index in [1.165, 1.54) is 30.5 Å². The number of fused-ring (bicyclic) bond motifs is 1. The van der Waals surface area contributed by atoms with Crippen molar-refractivity contribution in [1.82, 2.24) is 25.2 Å². The number of rotatable bonds is 9. The molecule has 3 heterocycles. The highest BCUT2D eigenvalue weighted by Gasteiger charge is 2.17. The first-order valence-corrected chi connectivity index (χ1v) is 13.6. The van der Waals surface area contributed by atoms with Gasteiger partial charge in [-0.1, -0.05) is 35.3 Å². The molecule has 3 N–H and O–H groups in total. The number of aromatic nitrogens is 3. The average molecular weight is 597 g/mol. The van der Waals surface area contributed by atoms with Crippen molar-refractivity contribution in [2.24, 2.45) is 0 Å². The van der Waals surface area contributed by atoms with Gasteiger partial charge in [-0.3, -0.25) is 19.3 Å². The summed E-state index contributed by atoms with van der Waals surface area (Å²) in [7, 11) is 0. The quantitative estimate of drug-likeness (QED) is 0.267. The number of benzene rings is 2. The Morgan fingerprint density at radius 2 is 1.90 bits per heavy atom. The number of amides is 2. The Morgan fingerprint density at radius 3 is 2.71 bits per heavy atom. The van der Waals surface area contributed by atoms with E-state index in [1.54, 1.807) is 18.2 Å². The maximum atomic E-state index is 13.0. The lowest BCUT2D eigenvalue weighted by Crippen LogP contribution is -2.38. The highest BCUT2D eigenvalue weighted by Crippen LogP contribution is 2.24. The van der Waals surface area contributed by atoms with E-state index in [9.17, 15) is 14.4 Å². The molecule has 13 heteroatoms. The summed E-state index contributed by atoms with van der Waals surface area (Å²) in [6, 6.07) is 13.1. The van der Waals surface area contributed by atoms with Crippen molar-refractivity contribution in [3.8, 4) is 6.01 Å². The van der Waals surface area contributed by atoms with Gasteiger partial charge in [0.1, 0.15) is 17.8 Å². The minimum Gasteiger partial charge on any atom is -0.462 e. The average Bonchev–Trinajstić information content (AvgIpc) is 2.97. The number of carbonyl (C=O) groups is 2. The number of anilines is 1. The first-order chi connectivity index (χ1) is 19.9. The van der Waals surface area contributed by atoms with E-state index >= 15 is 0 Å². The zero-order chi connectivity index (χ0) is 28.8. The highest BCUT2D eigenvalue weighted by atomic mass is 35.5. The Kier molecular flexibility index (Phi) is 9.10. The van der Waals surface area contributed by atoms with Gasteiger partial charge in [-0.25, -0.2) is 4.98 Å². The molecule has 2 aromatic heterocycles. The topological polar surface area (TPSA) is 139 Å². The largest absolute Gasteiger partial charge is 0.462 e. The summed E-state index contributed by atoms with van der Waals surface area (Å²) in [6.45, 7) is 4.42. The van der Waals surface area contributed by atoms with E-state index in [4.69, 9.17) is 32.7 Å². The third kappa shape index (κ3) is 7.39. The van der Waals surface area contributed by atoms with E-state index in [2.05, 4.69) is 30.5 Å². The molecule has 0 unspecified atom stereocenters. The zero-order valence-electron chi connectivity index (χ0n) is 21.8. The smallest absolute Gasteiger partial charge is 0.318 e. The summed E-state index contributed by atoms with van der Waals surface area (Å²) in [5.41, 5.74) is 0.688. The van der Waals surface area contributed by atoms with Gasteiger partial charge in [0.25, 0.3) is 17.4 Å². The monoisotopic (exact) mass is 596 g/mol. The van der Waals surface area contributed by atoms with Crippen LogP contribution in [0.1, 0.15) is 26.3 Å². The number of halogens is 2. The zero-order valence-corrected chi connectivity index (χ0v) is 23.3. The van der Waals surface area contributed by atoms with Gasteiger partial charge in [-0.2, -0.15) is 4.98 Å². The number of hydrogen-bond donors (Lipinski definition) is 3. The van der Waals surface area contributed by atoms with E-state index in [1.807, 2.05) is 6.07 Å². The van der Waals surface area contributed by atoms with Gasteiger partial charge in [0.15, 0.2) is 0 Å². The molecule has 0 radical (unpaired) electrons. The van der Waals surface area contributed by atoms with Gasteiger partial charge in [-0.05, 0) is 42.0 Å². The third-order valence-corrected chi connectivity index (χ3v) is 6.94. The van der Waals surface area contributed by atoms with E-state index in [0.29, 0.717) is 36.8 Å². The Hall–Kier alpha value is -4.03. The molecule has 0 bridgehead atoms. The fourth-order valence-corrected chi connectivity index (χ4v) is 4.57. The van der Waals surface area contributed by atoms with Crippen LogP contribution in [0, 0.1) is 0 Å². The molecule has 0 atom stereocenters. The number of aromatic amines is 1. The van der Waals surface area contributed by atoms with Gasteiger partial charge in [-0.15, -0.1) is 0 Å². The van der Waals surface area contributed by atoms with Crippen LogP contribution in [-0.4, -0.2) is 71.1 Å². The van der Waals surface area contributed by atoms with Crippen LogP contribution in [0.15, 0.2) is 59.5 Å². The number of carbonyl (C=O) groups excluding carboxylic acids is 2. The Balaban J connectivity index is 1.24. The molecular formula is C28H26Cl2N6O5. The summed E-state index contributed by atoms with van der Waals surface area (Å²) in [6.07, 6.45) is 1.47. The normalized spacial score (nSPS) is 13.6. The van der Waals surface area contributed by atoms with Crippen molar-refractivity contribution in [3.05, 3.63) is 91.8 Å². The fraction of sp³-hybridized carbons (Fsp3) is 0.250. The second-order valence-electron chi connectivity index (χ2n) is 9.23. The molecule has 5 rings (SSSR count). The van der Waals surface area contributed by atoms with Crippen molar-refractivity contribution in [3.63, 3.8) is 0 Å². The number of ether oxygens (including phenoxy) is 2. The molecule has 1 fully saturated rings. The summed E-state index contributed by atoms with van der Waals surface area (Å²) in [5, 5.41) is 6.61. The molecule has 0 spiro atoms. The minimum atomic E-state index is -0.711. The van der Waals surface area contributed by atoms with Crippen LogP contribution >= 0.6 is 23.2 Å². The first-order valence-electron chi connectivity index (χ1n) is 12.8. The molecular weight excluding hydrogens is 571 g/mol. The van der Waals surface area contributed by atoms with E-state index < -0.39 is 11.5 Å². The van der Waals surface area contributed by atoms with Gasteiger partial charge < -0.3 is 25.1 Å². The lowest BCUT2D eigenvalue weighted by molar-refractivity contribution is 0.0317. The second-order valence-corrected chi connectivity index (χ2v) is 10.1. The molecule has 1 saturated heterocycles. The molecule has 2 aromatic carbocycles. The van der Waals surface area contributed by atoms with Crippen molar-refractivity contribution in [2.45, 2.75) is 6.54 Å². The maximum Gasteiger partial charge on any atom is 0.318 e. The van der Waals surface area contributed by atoms with Crippen LogP contribution in [0.5, 0.6) is 6.01 Å². The number of nitrogens with zero attached hydrogens (tertiary/aromatic N) is 3. The number of H-pyrrole nitrogens is 1. The number of nitrogens with one attached hydrogen (secondary N) is 3. The maximum absolute atomic E-state index is 13.0. The minimum absolute atomic E-state index is 0.121. The van der Waals surface area contributed by atoms with Crippen LogP contribution < -0.4 is 20.9 Å². The summed E-state index contributed by atoms with van der Waals surface area (Å²) in [4.78, 5) is 51.8. The number of morpholine rings is 1. The van der Waals surface area contributed by atoms with Crippen LogP contribution in [0.2, 0.25) is 10.0 Å². The first kappa shape index (κ1) is 28.5. The molecule has 212 valence electrons. The van der Waals surface area contributed by atoms with Crippen molar-refractivity contribution < 1.29 is 19.1 Å². The lowest BCUT2D eigenvalue weighted by atomic mass is 10.1. The molecule has 0 aliphatic carbocycles. The predicted octanol–water partition coefficient (Wildman–Crippen LogP) is 3.52. The van der Waals surface area contributed by atoms with Crippen LogP contribution in [-0.2, 0) is 11.3 Å². The van der Waals surface area contributed by atoms with Gasteiger partial charge in [0.2, 0.25) is 0 Å². The predicted molar refractivity (Wildman–Crippen MR) is 155 cm³/mol. The fourth-order valence-electron chi connectivity index (χ4n) is 4.19. The standard InChI is InChI=1S/C28H26Cl2N6O5/c29-20-3-1-2-17(12-20)15-31-25(37)18-4-5-22(30)23(14-18)33-26(38)21-13-19-16-32-28(35-24(19)34-27(21)39)41-11-8-36-6-9-40-10-7-36/h1-5,12-14,16H,6-11,15H2,(H,31,37)(H,33,38)(H,32,34,35,39). The molecule has 41 heavy (non-hydrogen) atoms. The van der Waals surface area contributed by atoms with Gasteiger partial charge in [0, 0.05) is 48.3 Å². The van der Waals surface area contributed by atoms with Crippen molar-refractivity contribution in [1.29, 1.82) is 0 Å². The van der Waals surface area contributed by atoms with Crippen molar-refractivity contribution in [2.75, 3.05) is 44.8 Å². The lowest BCUT2D eigenvalue weighted by Gasteiger charge is -2.26. The van der Waals surface area contributed by atoms with Gasteiger partial charge >= 0.3 is 6.01 Å².